The van der Waals surface area contributed by atoms with Crippen molar-refractivity contribution in [3.05, 3.63) is 64.7 Å². The standard InChI is InChI=1S/C16H18ClN3O/c1-20(11-13-9-14(18)7-8-15(13)17)16(21)19-10-12-5-3-2-4-6-12/h2-9H,10-11,18H2,1H3,(H,19,21). The first-order valence-electron chi connectivity index (χ1n) is 6.63. The molecule has 0 heterocycles. The maximum atomic E-state index is 12.1. The molecule has 0 aliphatic rings. The molecule has 3 N–H and O–H groups in total. The predicted molar refractivity (Wildman–Crippen MR) is 86.0 cm³/mol. The molecule has 2 aromatic rings. The van der Waals surface area contributed by atoms with Crippen molar-refractivity contribution in [3.63, 3.8) is 0 Å². The number of benzene rings is 2. The fourth-order valence-corrected chi connectivity index (χ4v) is 2.13. The largest absolute Gasteiger partial charge is 0.399 e. The lowest BCUT2D eigenvalue weighted by molar-refractivity contribution is 0.206. The van der Waals surface area contributed by atoms with Crippen molar-refractivity contribution < 1.29 is 4.79 Å². The number of anilines is 1. The van der Waals surface area contributed by atoms with Crippen LogP contribution in [0.3, 0.4) is 0 Å². The number of hydrogen-bond donors (Lipinski definition) is 2. The SMILES string of the molecule is CN(Cc1cc(N)ccc1Cl)C(=O)NCc1ccccc1. The van der Waals surface area contributed by atoms with E-state index in [9.17, 15) is 4.79 Å². The van der Waals surface area contributed by atoms with E-state index >= 15 is 0 Å². The van der Waals surface area contributed by atoms with E-state index in [1.54, 1.807) is 30.1 Å². The Labute approximate surface area is 129 Å². The van der Waals surface area contributed by atoms with Gasteiger partial charge < -0.3 is 16.0 Å². The van der Waals surface area contributed by atoms with Crippen LogP contribution in [0.4, 0.5) is 10.5 Å². The monoisotopic (exact) mass is 303 g/mol. The number of nitrogen functional groups attached to an aromatic ring is 1. The molecule has 4 nitrogen and oxygen atoms in total. The Morgan fingerprint density at radius 2 is 1.95 bits per heavy atom. The van der Waals surface area contributed by atoms with Crippen LogP contribution in [0, 0.1) is 0 Å². The lowest BCUT2D eigenvalue weighted by Crippen LogP contribution is -2.36. The number of nitrogens with zero attached hydrogens (tertiary/aromatic N) is 1. The summed E-state index contributed by atoms with van der Waals surface area (Å²) in [7, 11) is 1.72. The van der Waals surface area contributed by atoms with Crippen LogP contribution in [0.1, 0.15) is 11.1 Å². The minimum atomic E-state index is -0.155. The van der Waals surface area contributed by atoms with Gasteiger partial charge in [0, 0.05) is 30.8 Å². The quantitative estimate of drug-likeness (QED) is 0.852. The molecule has 0 fully saturated rings. The molecular weight excluding hydrogens is 286 g/mol. The molecule has 5 heteroatoms. The highest BCUT2D eigenvalue weighted by Gasteiger charge is 2.11. The maximum absolute atomic E-state index is 12.1. The van der Waals surface area contributed by atoms with Crippen LogP contribution < -0.4 is 11.1 Å². The van der Waals surface area contributed by atoms with Crippen molar-refractivity contribution in [2.45, 2.75) is 13.1 Å². The van der Waals surface area contributed by atoms with Gasteiger partial charge in [0.1, 0.15) is 0 Å². The van der Waals surface area contributed by atoms with Gasteiger partial charge >= 0.3 is 6.03 Å². The van der Waals surface area contributed by atoms with Crippen molar-refractivity contribution in [3.8, 4) is 0 Å². The van der Waals surface area contributed by atoms with Gasteiger partial charge in [-0.2, -0.15) is 0 Å². The number of nitrogens with two attached hydrogens (primary N) is 1. The second-order valence-corrected chi connectivity index (χ2v) is 5.26. The Morgan fingerprint density at radius 3 is 2.67 bits per heavy atom. The van der Waals surface area contributed by atoms with E-state index in [0.717, 1.165) is 11.1 Å². The summed E-state index contributed by atoms with van der Waals surface area (Å²) >= 11 is 6.10. The molecule has 0 bridgehead atoms. The molecule has 0 saturated heterocycles. The van der Waals surface area contributed by atoms with Crippen LogP contribution in [0.25, 0.3) is 0 Å². The highest BCUT2D eigenvalue weighted by atomic mass is 35.5. The third-order valence-electron chi connectivity index (χ3n) is 3.11. The summed E-state index contributed by atoms with van der Waals surface area (Å²) in [6.45, 7) is 0.902. The van der Waals surface area contributed by atoms with Gasteiger partial charge in [0.25, 0.3) is 0 Å². The van der Waals surface area contributed by atoms with E-state index in [1.807, 2.05) is 30.3 Å². The number of carbonyl (C=O) groups excluding carboxylic acids is 1. The van der Waals surface area contributed by atoms with E-state index in [2.05, 4.69) is 5.32 Å². The van der Waals surface area contributed by atoms with Gasteiger partial charge in [-0.25, -0.2) is 4.79 Å². The predicted octanol–water partition coefficient (Wildman–Crippen LogP) is 3.26. The maximum Gasteiger partial charge on any atom is 0.317 e. The Kier molecular flexibility index (Phi) is 5.06. The molecular formula is C16H18ClN3O. The van der Waals surface area contributed by atoms with Gasteiger partial charge in [-0.3, -0.25) is 0 Å². The third kappa shape index (κ3) is 4.39. The Hall–Kier alpha value is -2.20. The average molecular weight is 304 g/mol. The molecule has 0 saturated carbocycles. The first kappa shape index (κ1) is 15.2. The molecule has 0 aromatic heterocycles. The lowest BCUT2D eigenvalue weighted by atomic mass is 10.2. The van der Waals surface area contributed by atoms with Crippen LogP contribution >= 0.6 is 11.6 Å². The highest BCUT2D eigenvalue weighted by molar-refractivity contribution is 6.31. The summed E-state index contributed by atoms with van der Waals surface area (Å²) in [5.74, 6) is 0. The summed E-state index contributed by atoms with van der Waals surface area (Å²) < 4.78 is 0. The number of rotatable bonds is 4. The minimum absolute atomic E-state index is 0.155. The summed E-state index contributed by atoms with van der Waals surface area (Å²) in [6.07, 6.45) is 0. The first-order valence-corrected chi connectivity index (χ1v) is 7.01. The molecule has 21 heavy (non-hydrogen) atoms. The molecule has 0 unspecified atom stereocenters. The van der Waals surface area contributed by atoms with Gasteiger partial charge in [0.15, 0.2) is 0 Å². The molecule has 0 radical (unpaired) electrons. The van der Waals surface area contributed by atoms with Gasteiger partial charge in [-0.05, 0) is 29.3 Å². The zero-order valence-corrected chi connectivity index (χ0v) is 12.6. The van der Waals surface area contributed by atoms with Crippen molar-refractivity contribution in [1.82, 2.24) is 10.2 Å². The van der Waals surface area contributed by atoms with Crippen molar-refractivity contribution in [2.75, 3.05) is 12.8 Å². The molecule has 110 valence electrons. The Morgan fingerprint density at radius 1 is 1.24 bits per heavy atom. The molecule has 2 amide bonds. The molecule has 0 atom stereocenters. The van der Waals surface area contributed by atoms with E-state index in [-0.39, 0.29) is 6.03 Å². The van der Waals surface area contributed by atoms with Gasteiger partial charge in [-0.1, -0.05) is 41.9 Å². The normalized spacial score (nSPS) is 10.2. The summed E-state index contributed by atoms with van der Waals surface area (Å²) in [4.78, 5) is 13.6. The lowest BCUT2D eigenvalue weighted by Gasteiger charge is -2.19. The summed E-state index contributed by atoms with van der Waals surface area (Å²) in [5.41, 5.74) is 8.25. The minimum Gasteiger partial charge on any atom is -0.399 e. The second-order valence-electron chi connectivity index (χ2n) is 4.85. The highest BCUT2D eigenvalue weighted by Crippen LogP contribution is 2.20. The third-order valence-corrected chi connectivity index (χ3v) is 3.48. The number of nitrogens with one attached hydrogen (secondary N) is 1. The first-order chi connectivity index (χ1) is 10.1. The van der Waals surface area contributed by atoms with E-state index in [4.69, 9.17) is 17.3 Å². The Balaban J connectivity index is 1.92. The summed E-state index contributed by atoms with van der Waals surface area (Å²) in [5, 5.41) is 3.47. The Bertz CT molecular complexity index is 616. The van der Waals surface area contributed by atoms with Crippen LogP contribution in [-0.2, 0) is 13.1 Å². The van der Waals surface area contributed by atoms with Crippen LogP contribution in [0.15, 0.2) is 48.5 Å². The number of urea groups is 1. The van der Waals surface area contributed by atoms with Gasteiger partial charge in [-0.15, -0.1) is 0 Å². The van der Waals surface area contributed by atoms with Crippen LogP contribution in [0.5, 0.6) is 0 Å². The fourth-order valence-electron chi connectivity index (χ4n) is 1.95. The second kappa shape index (κ2) is 6.99. The van der Waals surface area contributed by atoms with Crippen molar-refractivity contribution >= 4 is 23.3 Å². The number of carbonyl (C=O) groups is 1. The molecule has 0 aliphatic carbocycles. The van der Waals surface area contributed by atoms with Crippen molar-refractivity contribution in [2.24, 2.45) is 0 Å². The van der Waals surface area contributed by atoms with Crippen molar-refractivity contribution in [1.29, 1.82) is 0 Å². The number of amides is 2. The van der Waals surface area contributed by atoms with Crippen LogP contribution in [-0.4, -0.2) is 18.0 Å². The van der Waals surface area contributed by atoms with Gasteiger partial charge in [0.05, 0.1) is 0 Å². The average Bonchev–Trinajstić information content (AvgIpc) is 2.49. The number of halogens is 1. The van der Waals surface area contributed by atoms with E-state index < -0.39 is 0 Å². The molecule has 0 aliphatic heterocycles. The molecule has 2 rings (SSSR count). The number of hydrogen-bond acceptors (Lipinski definition) is 2. The van der Waals surface area contributed by atoms with E-state index in [1.165, 1.54) is 0 Å². The zero-order valence-electron chi connectivity index (χ0n) is 11.8. The molecule has 0 spiro atoms. The summed E-state index contributed by atoms with van der Waals surface area (Å²) in [6, 6.07) is 14.9. The zero-order chi connectivity index (χ0) is 15.2. The topological polar surface area (TPSA) is 58.4 Å². The van der Waals surface area contributed by atoms with E-state index in [0.29, 0.717) is 23.8 Å². The fraction of sp³-hybridized carbons (Fsp3) is 0.188. The van der Waals surface area contributed by atoms with Gasteiger partial charge in [0.2, 0.25) is 0 Å². The smallest absolute Gasteiger partial charge is 0.317 e. The molecule has 2 aromatic carbocycles. The van der Waals surface area contributed by atoms with Crippen LogP contribution in [0.2, 0.25) is 5.02 Å².